The summed E-state index contributed by atoms with van der Waals surface area (Å²) in [6.45, 7) is 2.05. The molecule has 1 aliphatic rings. The highest BCUT2D eigenvalue weighted by Crippen LogP contribution is 2.24. The summed E-state index contributed by atoms with van der Waals surface area (Å²) in [5.41, 5.74) is 2.21. The summed E-state index contributed by atoms with van der Waals surface area (Å²) in [5, 5.41) is 9.20. The van der Waals surface area contributed by atoms with Gasteiger partial charge in [-0.1, -0.05) is 41.9 Å². The molecule has 0 spiro atoms. The molecule has 1 aromatic carbocycles. The van der Waals surface area contributed by atoms with E-state index >= 15 is 0 Å². The van der Waals surface area contributed by atoms with Crippen LogP contribution in [0.25, 0.3) is 11.4 Å². The minimum atomic E-state index is -0.160. The summed E-state index contributed by atoms with van der Waals surface area (Å²) in [4.78, 5) is 12.0. The highest BCUT2D eigenvalue weighted by atomic mass is 32.2. The average molecular weight is 345 g/mol. The number of hydrogen-bond donors (Lipinski definition) is 0. The molecule has 128 valence electrons. The van der Waals surface area contributed by atoms with E-state index < -0.39 is 0 Å². The monoisotopic (exact) mass is 345 g/mol. The van der Waals surface area contributed by atoms with Crippen molar-refractivity contribution in [3.63, 3.8) is 0 Å². The first-order valence-corrected chi connectivity index (χ1v) is 9.41. The second kappa shape index (κ2) is 7.83. The SMILES string of the molecule is Cc1cccc(-c2nnc(SCC(=O)OC3CCCCC3)n2C)c1. The maximum absolute atomic E-state index is 12.0. The van der Waals surface area contributed by atoms with Crippen molar-refractivity contribution in [1.29, 1.82) is 0 Å². The minimum absolute atomic E-state index is 0.106. The topological polar surface area (TPSA) is 57.0 Å². The molecule has 0 atom stereocenters. The lowest BCUT2D eigenvalue weighted by Crippen LogP contribution is -2.22. The third-order valence-electron chi connectivity index (χ3n) is 4.28. The van der Waals surface area contributed by atoms with Crippen LogP contribution in [0.2, 0.25) is 0 Å². The van der Waals surface area contributed by atoms with E-state index in [1.807, 2.05) is 23.7 Å². The van der Waals surface area contributed by atoms with Gasteiger partial charge in [0, 0.05) is 12.6 Å². The third kappa shape index (κ3) is 4.17. The van der Waals surface area contributed by atoms with Crippen molar-refractivity contribution >= 4 is 17.7 Å². The average Bonchev–Trinajstić information content (AvgIpc) is 2.95. The van der Waals surface area contributed by atoms with Crippen LogP contribution in [-0.4, -0.2) is 32.6 Å². The molecular formula is C18H23N3O2S. The number of carbonyl (C=O) groups is 1. The molecule has 1 fully saturated rings. The predicted molar refractivity (Wildman–Crippen MR) is 94.9 cm³/mol. The Kier molecular flexibility index (Phi) is 5.56. The summed E-state index contributed by atoms with van der Waals surface area (Å²) in [5.74, 6) is 0.921. The minimum Gasteiger partial charge on any atom is -0.462 e. The summed E-state index contributed by atoms with van der Waals surface area (Å²) < 4.78 is 7.47. The van der Waals surface area contributed by atoms with Crippen molar-refractivity contribution in [2.75, 3.05) is 5.75 Å². The molecule has 0 radical (unpaired) electrons. The number of hydrogen-bond acceptors (Lipinski definition) is 5. The van der Waals surface area contributed by atoms with E-state index in [0.717, 1.165) is 42.2 Å². The van der Waals surface area contributed by atoms with Crippen LogP contribution in [0.5, 0.6) is 0 Å². The Bertz CT molecular complexity index is 708. The van der Waals surface area contributed by atoms with Crippen LogP contribution in [0.3, 0.4) is 0 Å². The fourth-order valence-corrected chi connectivity index (χ4v) is 3.70. The van der Waals surface area contributed by atoms with Gasteiger partial charge in [-0.25, -0.2) is 0 Å². The lowest BCUT2D eigenvalue weighted by atomic mass is 9.98. The normalized spacial score (nSPS) is 15.4. The number of esters is 1. The van der Waals surface area contributed by atoms with Crippen LogP contribution >= 0.6 is 11.8 Å². The van der Waals surface area contributed by atoms with Crippen LogP contribution in [0.1, 0.15) is 37.7 Å². The van der Waals surface area contributed by atoms with Crippen molar-refractivity contribution < 1.29 is 9.53 Å². The van der Waals surface area contributed by atoms with Gasteiger partial charge >= 0.3 is 5.97 Å². The van der Waals surface area contributed by atoms with Gasteiger partial charge in [0.15, 0.2) is 11.0 Å². The summed E-state index contributed by atoms with van der Waals surface area (Å²) in [6, 6.07) is 8.16. The Hall–Kier alpha value is -1.82. The second-order valence-corrected chi connectivity index (χ2v) is 7.22. The largest absolute Gasteiger partial charge is 0.462 e. The fourth-order valence-electron chi connectivity index (χ4n) is 3.00. The van der Waals surface area contributed by atoms with Crippen LogP contribution in [0.15, 0.2) is 29.4 Å². The first-order valence-electron chi connectivity index (χ1n) is 8.42. The van der Waals surface area contributed by atoms with E-state index in [9.17, 15) is 4.79 Å². The molecule has 3 rings (SSSR count). The van der Waals surface area contributed by atoms with Gasteiger partial charge in [0.25, 0.3) is 0 Å². The standard InChI is InChI=1S/C18H23N3O2S/c1-13-7-6-8-14(11-13)17-19-20-18(21(17)2)24-12-16(22)23-15-9-4-3-5-10-15/h6-8,11,15H,3-5,9-10,12H2,1-2H3. The molecular weight excluding hydrogens is 322 g/mol. The van der Waals surface area contributed by atoms with E-state index in [1.54, 1.807) is 0 Å². The van der Waals surface area contributed by atoms with Gasteiger partial charge in [-0.2, -0.15) is 0 Å². The van der Waals surface area contributed by atoms with Crippen LogP contribution in [0.4, 0.5) is 0 Å². The second-order valence-electron chi connectivity index (χ2n) is 6.27. The summed E-state index contributed by atoms with van der Waals surface area (Å²) in [7, 11) is 1.92. The van der Waals surface area contributed by atoms with Crippen molar-refractivity contribution in [3.05, 3.63) is 29.8 Å². The fraction of sp³-hybridized carbons (Fsp3) is 0.500. The molecule has 24 heavy (non-hydrogen) atoms. The van der Waals surface area contributed by atoms with Crippen LogP contribution in [0, 0.1) is 6.92 Å². The van der Waals surface area contributed by atoms with Gasteiger partial charge in [-0.3, -0.25) is 4.79 Å². The zero-order valence-corrected chi connectivity index (χ0v) is 15.0. The highest BCUT2D eigenvalue weighted by molar-refractivity contribution is 7.99. The Morgan fingerprint density at radius 1 is 1.29 bits per heavy atom. The first-order chi connectivity index (χ1) is 11.6. The quantitative estimate of drug-likeness (QED) is 0.610. The van der Waals surface area contributed by atoms with E-state index in [0.29, 0.717) is 0 Å². The van der Waals surface area contributed by atoms with E-state index in [2.05, 4.69) is 29.3 Å². The molecule has 0 aliphatic heterocycles. The van der Waals surface area contributed by atoms with Crippen LogP contribution in [-0.2, 0) is 16.6 Å². The van der Waals surface area contributed by atoms with Crippen LogP contribution < -0.4 is 0 Å². The van der Waals surface area contributed by atoms with Gasteiger partial charge in [0.05, 0.1) is 5.75 Å². The van der Waals surface area contributed by atoms with Gasteiger partial charge in [0.2, 0.25) is 0 Å². The first kappa shape index (κ1) is 17.0. The summed E-state index contributed by atoms with van der Waals surface area (Å²) in [6.07, 6.45) is 5.68. The Morgan fingerprint density at radius 3 is 2.83 bits per heavy atom. The van der Waals surface area contributed by atoms with Crippen molar-refractivity contribution in [2.24, 2.45) is 7.05 Å². The van der Waals surface area contributed by atoms with Crippen molar-refractivity contribution in [3.8, 4) is 11.4 Å². The maximum atomic E-state index is 12.0. The van der Waals surface area contributed by atoms with Crippen molar-refractivity contribution in [2.45, 2.75) is 50.3 Å². The zero-order valence-electron chi connectivity index (χ0n) is 14.2. The zero-order chi connectivity index (χ0) is 16.9. The van der Waals surface area contributed by atoms with Gasteiger partial charge in [-0.05, 0) is 38.7 Å². The number of aromatic nitrogens is 3. The molecule has 1 saturated carbocycles. The van der Waals surface area contributed by atoms with E-state index in [4.69, 9.17) is 4.74 Å². The Morgan fingerprint density at radius 2 is 2.08 bits per heavy atom. The number of aryl methyl sites for hydroxylation is 1. The molecule has 2 aromatic rings. The molecule has 5 nitrogen and oxygen atoms in total. The molecule has 0 bridgehead atoms. The smallest absolute Gasteiger partial charge is 0.316 e. The van der Waals surface area contributed by atoms with Crippen molar-refractivity contribution in [1.82, 2.24) is 14.8 Å². The number of rotatable bonds is 5. The molecule has 6 heteroatoms. The molecule has 0 amide bonds. The molecule has 1 aliphatic carbocycles. The third-order valence-corrected chi connectivity index (χ3v) is 5.27. The number of thioether (sulfide) groups is 1. The lowest BCUT2D eigenvalue weighted by molar-refractivity contribution is -0.147. The van der Waals surface area contributed by atoms with E-state index in [1.165, 1.54) is 23.7 Å². The summed E-state index contributed by atoms with van der Waals surface area (Å²) >= 11 is 1.38. The molecule has 1 heterocycles. The molecule has 0 N–H and O–H groups in total. The molecule has 0 saturated heterocycles. The van der Waals surface area contributed by atoms with E-state index in [-0.39, 0.29) is 17.8 Å². The van der Waals surface area contributed by atoms with Gasteiger partial charge in [0.1, 0.15) is 6.10 Å². The lowest BCUT2D eigenvalue weighted by Gasteiger charge is -2.21. The number of carbonyl (C=O) groups excluding carboxylic acids is 1. The predicted octanol–water partition coefficient (Wildman–Crippen LogP) is 3.76. The number of nitrogens with zero attached hydrogens (tertiary/aromatic N) is 3. The number of ether oxygens (including phenoxy) is 1. The maximum Gasteiger partial charge on any atom is 0.316 e. The van der Waals surface area contributed by atoms with Gasteiger partial charge in [-0.15, -0.1) is 10.2 Å². The molecule has 1 aromatic heterocycles. The van der Waals surface area contributed by atoms with Gasteiger partial charge < -0.3 is 9.30 Å². The Labute approximate surface area is 146 Å². The Balaban J connectivity index is 1.59. The molecule has 0 unspecified atom stereocenters. The highest BCUT2D eigenvalue weighted by Gasteiger charge is 2.19. The number of benzene rings is 1.